The maximum absolute atomic E-state index is 12.5. The largest absolute Gasteiger partial charge is 0.496 e. The Bertz CT molecular complexity index is 1020. The topological polar surface area (TPSA) is 109 Å². The number of methoxy groups -OCH3 is 1. The first-order valence-corrected chi connectivity index (χ1v) is 9.63. The van der Waals surface area contributed by atoms with E-state index < -0.39 is 11.2 Å². The molecule has 1 aliphatic heterocycles. The number of para-hydroxylation sites is 1. The highest BCUT2D eigenvalue weighted by Gasteiger charge is 2.30. The number of benzene rings is 1. The Morgan fingerprint density at radius 1 is 1.18 bits per heavy atom. The highest BCUT2D eigenvalue weighted by atomic mass is 16.5. The first-order valence-electron chi connectivity index (χ1n) is 9.63. The number of aromatic amines is 1. The zero-order valence-electron chi connectivity index (χ0n) is 15.8. The molecule has 148 valence electrons. The van der Waals surface area contributed by atoms with E-state index in [9.17, 15) is 14.7 Å². The number of H-pyrrole nitrogens is 1. The maximum atomic E-state index is 12.5. The molecular weight excluding hydrogens is 360 g/mol. The number of aromatic hydroxyl groups is 1. The number of aromatic nitrogens is 2. The number of hydrazone groups is 1. The summed E-state index contributed by atoms with van der Waals surface area (Å²) in [6.07, 6.45) is 5.16. The van der Waals surface area contributed by atoms with Crippen LogP contribution in [0.3, 0.4) is 0 Å². The molecule has 1 atom stereocenters. The minimum atomic E-state index is -0.615. The van der Waals surface area contributed by atoms with Crippen molar-refractivity contribution >= 4 is 5.71 Å². The summed E-state index contributed by atoms with van der Waals surface area (Å²) in [5.41, 5.74) is 3.25. The first-order chi connectivity index (χ1) is 13.6. The zero-order chi connectivity index (χ0) is 19.7. The fourth-order valence-corrected chi connectivity index (χ4v) is 4.21. The van der Waals surface area contributed by atoms with Crippen molar-refractivity contribution in [3.63, 3.8) is 0 Å². The molecule has 1 saturated carbocycles. The van der Waals surface area contributed by atoms with Crippen molar-refractivity contribution < 1.29 is 9.84 Å². The number of ether oxygens (including phenoxy) is 1. The van der Waals surface area contributed by atoms with E-state index in [2.05, 4.69) is 15.5 Å². The van der Waals surface area contributed by atoms with Crippen molar-refractivity contribution in [2.24, 2.45) is 5.10 Å². The van der Waals surface area contributed by atoms with Gasteiger partial charge in [0.2, 0.25) is 5.88 Å². The van der Waals surface area contributed by atoms with Crippen LogP contribution in [0.1, 0.15) is 61.7 Å². The van der Waals surface area contributed by atoms with Crippen LogP contribution in [0.5, 0.6) is 11.6 Å². The monoisotopic (exact) mass is 384 g/mol. The lowest BCUT2D eigenvalue weighted by Gasteiger charge is -2.25. The summed E-state index contributed by atoms with van der Waals surface area (Å²) in [4.78, 5) is 27.2. The van der Waals surface area contributed by atoms with Crippen molar-refractivity contribution in [3.05, 3.63) is 56.2 Å². The van der Waals surface area contributed by atoms with Gasteiger partial charge in [-0.3, -0.25) is 14.3 Å². The molecule has 0 bridgehead atoms. The van der Waals surface area contributed by atoms with Gasteiger partial charge in [0.1, 0.15) is 11.3 Å². The van der Waals surface area contributed by atoms with Crippen LogP contribution >= 0.6 is 0 Å². The fourth-order valence-electron chi connectivity index (χ4n) is 4.21. The average molecular weight is 384 g/mol. The van der Waals surface area contributed by atoms with Crippen LogP contribution in [0.25, 0.3) is 0 Å². The second-order valence-electron chi connectivity index (χ2n) is 7.31. The summed E-state index contributed by atoms with van der Waals surface area (Å²) in [6, 6.07) is 7.31. The molecule has 3 N–H and O–H groups in total. The van der Waals surface area contributed by atoms with Crippen LogP contribution in [0.2, 0.25) is 0 Å². The van der Waals surface area contributed by atoms with E-state index in [0.29, 0.717) is 12.1 Å². The van der Waals surface area contributed by atoms with Crippen LogP contribution in [-0.4, -0.2) is 27.5 Å². The summed E-state index contributed by atoms with van der Waals surface area (Å²) in [7, 11) is 1.60. The Balaban J connectivity index is 1.68. The van der Waals surface area contributed by atoms with Gasteiger partial charge in [-0.25, -0.2) is 4.79 Å². The van der Waals surface area contributed by atoms with Crippen molar-refractivity contribution in [3.8, 4) is 11.6 Å². The van der Waals surface area contributed by atoms with Gasteiger partial charge in [0.15, 0.2) is 0 Å². The second-order valence-corrected chi connectivity index (χ2v) is 7.31. The predicted molar refractivity (Wildman–Crippen MR) is 105 cm³/mol. The van der Waals surface area contributed by atoms with E-state index in [1.807, 2.05) is 24.3 Å². The van der Waals surface area contributed by atoms with Gasteiger partial charge in [-0.1, -0.05) is 37.5 Å². The molecular formula is C20H24N4O4. The molecule has 4 rings (SSSR count). The van der Waals surface area contributed by atoms with Gasteiger partial charge in [0.25, 0.3) is 5.56 Å². The molecule has 2 heterocycles. The molecule has 1 aromatic carbocycles. The summed E-state index contributed by atoms with van der Waals surface area (Å²) in [6.45, 7) is 0. The van der Waals surface area contributed by atoms with Crippen LogP contribution in [-0.2, 0) is 0 Å². The van der Waals surface area contributed by atoms with E-state index in [0.717, 1.165) is 43.4 Å². The quantitative estimate of drug-likeness (QED) is 0.749. The molecule has 1 aromatic heterocycles. The standard InChI is InChI=1S/C20H24N4O4/c1-28-16-10-6-5-9-13(16)14-11-15(23-22-14)17-18(25)21-20(27)24(19(17)26)12-7-3-2-4-8-12/h5-6,9-10,12,14,22,26H,2-4,7-8,11H2,1H3,(H,21,25,27)/t14-/m0/s1. The van der Waals surface area contributed by atoms with Crippen molar-refractivity contribution in [1.82, 2.24) is 15.0 Å². The number of nitrogens with one attached hydrogen (secondary N) is 2. The van der Waals surface area contributed by atoms with Crippen LogP contribution in [0.15, 0.2) is 39.0 Å². The molecule has 8 nitrogen and oxygen atoms in total. The van der Waals surface area contributed by atoms with Crippen molar-refractivity contribution in [2.45, 2.75) is 50.6 Å². The summed E-state index contributed by atoms with van der Waals surface area (Å²) in [5, 5.41) is 15.1. The Kier molecular flexibility index (Phi) is 4.93. The van der Waals surface area contributed by atoms with Gasteiger partial charge in [0, 0.05) is 18.0 Å². The zero-order valence-corrected chi connectivity index (χ0v) is 15.8. The van der Waals surface area contributed by atoms with E-state index >= 15 is 0 Å². The van der Waals surface area contributed by atoms with Crippen LogP contribution < -0.4 is 21.4 Å². The van der Waals surface area contributed by atoms with Gasteiger partial charge < -0.3 is 15.3 Å². The van der Waals surface area contributed by atoms with Crippen molar-refractivity contribution in [2.75, 3.05) is 7.11 Å². The highest BCUT2D eigenvalue weighted by Crippen LogP contribution is 2.33. The minimum Gasteiger partial charge on any atom is -0.496 e. The predicted octanol–water partition coefficient (Wildman–Crippen LogP) is 2.19. The number of nitrogens with zero attached hydrogens (tertiary/aromatic N) is 2. The minimum absolute atomic E-state index is 0.0649. The van der Waals surface area contributed by atoms with Crippen molar-refractivity contribution in [1.29, 1.82) is 0 Å². The molecule has 28 heavy (non-hydrogen) atoms. The highest BCUT2D eigenvalue weighted by molar-refractivity contribution is 6.03. The Hall–Kier alpha value is -3.03. The smallest absolute Gasteiger partial charge is 0.331 e. The Labute approximate surface area is 161 Å². The first kappa shape index (κ1) is 18.3. The van der Waals surface area contributed by atoms with Crippen LogP contribution in [0.4, 0.5) is 0 Å². The van der Waals surface area contributed by atoms with Gasteiger partial charge >= 0.3 is 5.69 Å². The molecule has 0 amide bonds. The van der Waals surface area contributed by atoms with Gasteiger partial charge in [-0.2, -0.15) is 5.10 Å². The maximum Gasteiger partial charge on any atom is 0.331 e. The molecule has 0 saturated heterocycles. The number of hydrogen-bond donors (Lipinski definition) is 3. The summed E-state index contributed by atoms with van der Waals surface area (Å²) >= 11 is 0. The molecule has 1 aliphatic carbocycles. The molecule has 1 fully saturated rings. The third-order valence-corrected chi connectivity index (χ3v) is 5.61. The lowest BCUT2D eigenvalue weighted by atomic mass is 9.95. The SMILES string of the molecule is COc1ccccc1[C@@H]1CC(c2c(O)n(C3CCCCC3)c(=O)[nH]c2=O)=NN1. The van der Waals surface area contributed by atoms with E-state index in [-0.39, 0.29) is 23.5 Å². The second kappa shape index (κ2) is 7.53. The number of rotatable bonds is 4. The molecule has 2 aliphatic rings. The normalized spacial score (nSPS) is 19.9. The van der Waals surface area contributed by atoms with Gasteiger partial charge in [0.05, 0.1) is 18.9 Å². The third-order valence-electron chi connectivity index (χ3n) is 5.61. The Morgan fingerprint density at radius 3 is 2.68 bits per heavy atom. The molecule has 0 unspecified atom stereocenters. The van der Waals surface area contributed by atoms with E-state index in [1.165, 1.54) is 4.57 Å². The van der Waals surface area contributed by atoms with Crippen LogP contribution in [0, 0.1) is 0 Å². The van der Waals surface area contributed by atoms with E-state index in [1.54, 1.807) is 7.11 Å². The summed E-state index contributed by atoms with van der Waals surface area (Å²) in [5.74, 6) is 0.434. The fraction of sp³-hybridized carbons (Fsp3) is 0.450. The van der Waals surface area contributed by atoms with E-state index in [4.69, 9.17) is 4.74 Å². The lowest BCUT2D eigenvalue weighted by Crippen LogP contribution is -2.36. The summed E-state index contributed by atoms with van der Waals surface area (Å²) < 4.78 is 6.73. The number of hydrogen-bond acceptors (Lipinski definition) is 6. The average Bonchev–Trinajstić information content (AvgIpc) is 3.18. The molecule has 0 spiro atoms. The van der Waals surface area contributed by atoms with Gasteiger partial charge in [-0.15, -0.1) is 0 Å². The molecule has 0 radical (unpaired) electrons. The van der Waals surface area contributed by atoms with Gasteiger partial charge in [-0.05, 0) is 18.9 Å². The third kappa shape index (κ3) is 3.19. The molecule has 2 aromatic rings. The lowest BCUT2D eigenvalue weighted by molar-refractivity contribution is 0.298. The Morgan fingerprint density at radius 2 is 1.93 bits per heavy atom. The molecule has 8 heteroatoms.